The maximum Gasteiger partial charge on any atom is 0.225 e. The number of rotatable bonds is 7. The van der Waals surface area contributed by atoms with Gasteiger partial charge >= 0.3 is 0 Å². The highest BCUT2D eigenvalue weighted by atomic mass is 15.2. The summed E-state index contributed by atoms with van der Waals surface area (Å²) in [6.45, 7) is 4.24. The van der Waals surface area contributed by atoms with E-state index in [1.54, 1.807) is 6.20 Å². The van der Waals surface area contributed by atoms with Gasteiger partial charge in [0.25, 0.3) is 0 Å². The van der Waals surface area contributed by atoms with Crippen molar-refractivity contribution in [3.05, 3.63) is 72.7 Å². The van der Waals surface area contributed by atoms with Gasteiger partial charge in [-0.3, -0.25) is 4.57 Å². The predicted octanol–water partition coefficient (Wildman–Crippen LogP) is 4.18. The van der Waals surface area contributed by atoms with E-state index in [0.717, 1.165) is 29.9 Å². The van der Waals surface area contributed by atoms with Crippen molar-refractivity contribution in [2.75, 3.05) is 30.4 Å². The van der Waals surface area contributed by atoms with Gasteiger partial charge in [0.2, 0.25) is 5.95 Å². The van der Waals surface area contributed by atoms with E-state index in [9.17, 15) is 0 Å². The Hall–Kier alpha value is -3.45. The molecule has 7 heteroatoms. The van der Waals surface area contributed by atoms with Crippen molar-refractivity contribution in [3.63, 3.8) is 0 Å². The lowest BCUT2D eigenvalue weighted by molar-refractivity contribution is 0.600. The summed E-state index contributed by atoms with van der Waals surface area (Å²) in [6.07, 6.45) is 6.13. The molecule has 7 nitrogen and oxygen atoms in total. The topological polar surface area (TPSA) is 70.9 Å². The van der Waals surface area contributed by atoms with Crippen LogP contribution in [-0.2, 0) is 0 Å². The summed E-state index contributed by atoms with van der Waals surface area (Å²) in [4.78, 5) is 16.1. The normalized spacial score (nSPS) is 16.9. The van der Waals surface area contributed by atoms with Crippen LogP contribution in [0.4, 0.5) is 11.6 Å². The van der Waals surface area contributed by atoms with Crippen molar-refractivity contribution < 1.29 is 0 Å². The van der Waals surface area contributed by atoms with Gasteiger partial charge < -0.3 is 15.5 Å². The van der Waals surface area contributed by atoms with Crippen molar-refractivity contribution in [2.24, 2.45) is 0 Å². The molecule has 164 valence electrons. The molecule has 1 aliphatic heterocycles. The summed E-state index contributed by atoms with van der Waals surface area (Å²) < 4.78 is 2.01. The van der Waals surface area contributed by atoms with Gasteiger partial charge in [0.15, 0.2) is 0 Å². The van der Waals surface area contributed by atoms with Gasteiger partial charge in [0.05, 0.1) is 17.1 Å². The molecule has 2 unspecified atom stereocenters. The first kappa shape index (κ1) is 20.5. The minimum atomic E-state index is 0.110. The molecular weight excluding hydrogens is 398 g/mol. The number of benzene rings is 2. The molecule has 0 aliphatic carbocycles. The van der Waals surface area contributed by atoms with Crippen LogP contribution in [0.5, 0.6) is 0 Å². The van der Waals surface area contributed by atoms with Crippen molar-refractivity contribution in [1.29, 1.82) is 0 Å². The SMILES string of the molecule is CC(Nc1nccc(-n2cnc3cc(N(C)CC4CCCN4)ccc32)n1)c1ccccc1. The average Bonchev–Trinajstić information content (AvgIpc) is 3.49. The number of nitrogens with one attached hydrogen (secondary N) is 2. The number of hydrogen-bond donors (Lipinski definition) is 2. The highest BCUT2D eigenvalue weighted by molar-refractivity contribution is 5.81. The molecule has 0 spiro atoms. The molecule has 0 radical (unpaired) electrons. The van der Waals surface area contributed by atoms with Crippen molar-refractivity contribution in [3.8, 4) is 5.82 Å². The van der Waals surface area contributed by atoms with Crippen LogP contribution in [0.15, 0.2) is 67.1 Å². The number of aromatic nitrogens is 4. The standard InChI is InChI=1S/C25H29N7/c1-18(19-7-4-3-5-8-19)29-25-27-14-12-24(30-25)32-17-28-22-15-21(10-11-23(22)32)31(2)16-20-9-6-13-26-20/h3-5,7-8,10-12,14-15,17-18,20,26H,6,9,13,16H2,1-2H3,(H,27,29,30). The summed E-state index contributed by atoms with van der Waals surface area (Å²) in [5.74, 6) is 1.39. The van der Waals surface area contributed by atoms with Crippen LogP contribution in [0.3, 0.4) is 0 Å². The molecule has 1 aliphatic rings. The van der Waals surface area contributed by atoms with Gasteiger partial charge in [-0.05, 0) is 56.1 Å². The van der Waals surface area contributed by atoms with Gasteiger partial charge in [-0.1, -0.05) is 30.3 Å². The number of likely N-dealkylation sites (N-methyl/N-ethyl adjacent to an activating group) is 1. The number of imidazole rings is 1. The third-order valence-electron chi connectivity index (χ3n) is 6.16. The zero-order chi connectivity index (χ0) is 21.9. The number of fused-ring (bicyclic) bond motifs is 1. The van der Waals surface area contributed by atoms with Crippen molar-refractivity contribution in [2.45, 2.75) is 31.8 Å². The quantitative estimate of drug-likeness (QED) is 0.461. The Morgan fingerprint density at radius 3 is 2.84 bits per heavy atom. The van der Waals surface area contributed by atoms with Crippen LogP contribution in [-0.4, -0.2) is 45.7 Å². The minimum absolute atomic E-state index is 0.110. The third kappa shape index (κ3) is 4.29. The molecule has 1 fully saturated rings. The van der Waals surface area contributed by atoms with E-state index in [1.165, 1.54) is 24.1 Å². The molecule has 2 atom stereocenters. The number of hydrogen-bond acceptors (Lipinski definition) is 6. The van der Waals surface area contributed by atoms with E-state index < -0.39 is 0 Å². The van der Waals surface area contributed by atoms with Crippen LogP contribution in [0, 0.1) is 0 Å². The summed E-state index contributed by atoms with van der Waals surface area (Å²) in [7, 11) is 2.15. The summed E-state index contributed by atoms with van der Waals surface area (Å²) in [5.41, 5.74) is 4.36. The van der Waals surface area contributed by atoms with E-state index in [4.69, 9.17) is 4.98 Å². The van der Waals surface area contributed by atoms with Crippen LogP contribution in [0.1, 0.15) is 31.4 Å². The Morgan fingerprint density at radius 1 is 1.16 bits per heavy atom. The molecule has 5 rings (SSSR count). The summed E-state index contributed by atoms with van der Waals surface area (Å²) in [6, 6.07) is 19.3. The van der Waals surface area contributed by atoms with Gasteiger partial charge in [-0.2, -0.15) is 4.98 Å². The van der Waals surface area contributed by atoms with E-state index in [-0.39, 0.29) is 6.04 Å². The summed E-state index contributed by atoms with van der Waals surface area (Å²) in [5, 5.41) is 6.97. The largest absolute Gasteiger partial charge is 0.373 e. The lowest BCUT2D eigenvalue weighted by Crippen LogP contribution is -2.35. The molecule has 2 N–H and O–H groups in total. The number of anilines is 2. The second-order valence-electron chi connectivity index (χ2n) is 8.48. The molecule has 3 heterocycles. The molecule has 2 aromatic heterocycles. The van der Waals surface area contributed by atoms with Crippen molar-refractivity contribution >= 4 is 22.7 Å². The maximum absolute atomic E-state index is 4.74. The molecule has 2 aromatic carbocycles. The molecule has 1 saturated heterocycles. The van der Waals surface area contributed by atoms with Gasteiger partial charge in [-0.25, -0.2) is 9.97 Å². The average molecular weight is 428 g/mol. The van der Waals surface area contributed by atoms with Crippen LogP contribution >= 0.6 is 0 Å². The Kier molecular flexibility index (Phi) is 5.73. The fraction of sp³-hybridized carbons (Fsp3) is 0.320. The highest BCUT2D eigenvalue weighted by Crippen LogP contribution is 2.24. The number of nitrogens with zero attached hydrogens (tertiary/aromatic N) is 5. The lowest BCUT2D eigenvalue weighted by Gasteiger charge is -2.23. The predicted molar refractivity (Wildman–Crippen MR) is 129 cm³/mol. The van der Waals surface area contributed by atoms with Gasteiger partial charge in [0.1, 0.15) is 12.1 Å². The van der Waals surface area contributed by atoms with Gasteiger partial charge in [0, 0.05) is 31.5 Å². The molecule has 0 bridgehead atoms. The van der Waals surface area contributed by atoms with E-state index >= 15 is 0 Å². The Balaban J connectivity index is 1.36. The second kappa shape index (κ2) is 8.96. The fourth-order valence-electron chi connectivity index (χ4n) is 4.34. The zero-order valence-electron chi connectivity index (χ0n) is 18.6. The highest BCUT2D eigenvalue weighted by Gasteiger charge is 2.17. The third-order valence-corrected chi connectivity index (χ3v) is 6.16. The first-order valence-corrected chi connectivity index (χ1v) is 11.2. The Bertz CT molecular complexity index is 1180. The first-order chi connectivity index (χ1) is 15.7. The molecule has 0 amide bonds. The second-order valence-corrected chi connectivity index (χ2v) is 8.48. The summed E-state index contributed by atoms with van der Waals surface area (Å²) >= 11 is 0. The van der Waals surface area contributed by atoms with Crippen LogP contribution < -0.4 is 15.5 Å². The molecule has 32 heavy (non-hydrogen) atoms. The Morgan fingerprint density at radius 2 is 2.03 bits per heavy atom. The lowest BCUT2D eigenvalue weighted by atomic mass is 10.1. The van der Waals surface area contributed by atoms with Crippen LogP contribution in [0.25, 0.3) is 16.9 Å². The van der Waals surface area contributed by atoms with Gasteiger partial charge in [-0.15, -0.1) is 0 Å². The monoisotopic (exact) mass is 427 g/mol. The molecule has 4 aromatic rings. The smallest absolute Gasteiger partial charge is 0.225 e. The maximum atomic E-state index is 4.74. The van der Waals surface area contributed by atoms with Crippen molar-refractivity contribution in [1.82, 2.24) is 24.8 Å². The minimum Gasteiger partial charge on any atom is -0.373 e. The van der Waals surface area contributed by atoms with E-state index in [1.807, 2.05) is 35.2 Å². The molecule has 0 saturated carbocycles. The Labute approximate surface area is 188 Å². The van der Waals surface area contributed by atoms with E-state index in [0.29, 0.717) is 12.0 Å². The van der Waals surface area contributed by atoms with E-state index in [2.05, 4.69) is 69.8 Å². The fourth-order valence-corrected chi connectivity index (χ4v) is 4.34. The first-order valence-electron chi connectivity index (χ1n) is 11.2. The zero-order valence-corrected chi connectivity index (χ0v) is 18.6. The van der Waals surface area contributed by atoms with Crippen LogP contribution in [0.2, 0.25) is 0 Å². The molecular formula is C25H29N7.